The number of nitrogens with two attached hydrogens (primary N) is 1. The number of rotatable bonds is 6. The van der Waals surface area contributed by atoms with Crippen molar-refractivity contribution in [2.24, 2.45) is 5.14 Å². The number of nitrogens with one attached hydrogen (secondary N) is 1. The normalized spacial score (nSPS) is 27.7. The third-order valence-electron chi connectivity index (χ3n) is 5.81. The van der Waals surface area contributed by atoms with E-state index in [-0.39, 0.29) is 6.04 Å². The molecular weight excluding hydrogens is 440 g/mol. The van der Waals surface area contributed by atoms with E-state index >= 15 is 0 Å². The van der Waals surface area contributed by atoms with Crippen LogP contribution >= 0.6 is 0 Å². The summed E-state index contributed by atoms with van der Waals surface area (Å²) < 4.78 is 33.7. The summed E-state index contributed by atoms with van der Waals surface area (Å²) in [6, 6.07) is 8.31. The third-order valence-corrected chi connectivity index (χ3v) is 6.28. The summed E-state index contributed by atoms with van der Waals surface area (Å²) in [4.78, 5) is 13.0. The highest BCUT2D eigenvalue weighted by Gasteiger charge is 2.45. The highest BCUT2D eigenvalue weighted by molar-refractivity contribution is 7.84. The van der Waals surface area contributed by atoms with Crippen LogP contribution in [0, 0.1) is 0 Å². The van der Waals surface area contributed by atoms with Gasteiger partial charge in [-0.1, -0.05) is 24.3 Å². The minimum Gasteiger partial charge on any atom is -0.387 e. The van der Waals surface area contributed by atoms with Crippen LogP contribution in [-0.2, 0) is 25.6 Å². The quantitative estimate of drug-likeness (QED) is 0.383. The van der Waals surface area contributed by atoms with Gasteiger partial charge in [-0.3, -0.25) is 8.75 Å². The fourth-order valence-corrected chi connectivity index (χ4v) is 4.60. The number of hydrogen-bond donors (Lipinski definition) is 4. The van der Waals surface area contributed by atoms with Gasteiger partial charge in [-0.15, -0.1) is 0 Å². The number of aromatic nitrogens is 4. The van der Waals surface area contributed by atoms with Gasteiger partial charge >= 0.3 is 10.3 Å². The number of aliphatic hydroxyl groups is 2. The fourth-order valence-electron chi connectivity index (χ4n) is 4.27. The molecule has 1 unspecified atom stereocenters. The van der Waals surface area contributed by atoms with Crippen LogP contribution in [0.25, 0.3) is 11.2 Å². The Morgan fingerprint density at radius 2 is 2.03 bits per heavy atom. The van der Waals surface area contributed by atoms with Crippen LogP contribution < -0.4 is 10.5 Å². The number of fused-ring (bicyclic) bond motifs is 2. The van der Waals surface area contributed by atoms with Gasteiger partial charge in [0, 0.05) is 0 Å². The molecule has 0 amide bonds. The number of aryl methyl sites for hydroxylation is 1. The number of hydrogen-bond acceptors (Lipinski definition) is 10. The lowest BCUT2D eigenvalue weighted by atomic mass is 10.1. The van der Waals surface area contributed by atoms with E-state index < -0.39 is 41.5 Å². The van der Waals surface area contributed by atoms with E-state index in [0.717, 1.165) is 12.8 Å². The molecule has 2 aromatic heterocycles. The van der Waals surface area contributed by atoms with Crippen molar-refractivity contribution in [2.45, 2.75) is 43.4 Å². The number of anilines is 1. The SMILES string of the molecule is NS(=O)(=O)OC[C@H]1O[C@@H](n2cnc3c(NC4CCc5ccccc54)ncnc32)[C@H](O)[C@@H]1O. The predicted octanol–water partition coefficient (Wildman–Crippen LogP) is -0.235. The molecule has 1 fully saturated rings. The molecule has 2 aliphatic rings. The minimum absolute atomic E-state index is 0.0873. The molecule has 12 nitrogen and oxygen atoms in total. The van der Waals surface area contributed by atoms with Crippen molar-refractivity contribution < 1.29 is 27.6 Å². The van der Waals surface area contributed by atoms with Gasteiger partial charge < -0.3 is 20.3 Å². The van der Waals surface area contributed by atoms with Gasteiger partial charge in [-0.2, -0.15) is 8.42 Å². The van der Waals surface area contributed by atoms with Crippen LogP contribution in [0.2, 0.25) is 0 Å². The van der Waals surface area contributed by atoms with Crippen molar-refractivity contribution >= 4 is 27.3 Å². The van der Waals surface area contributed by atoms with Gasteiger partial charge in [0.2, 0.25) is 0 Å². The molecule has 32 heavy (non-hydrogen) atoms. The Kier molecular flexibility index (Phi) is 5.31. The van der Waals surface area contributed by atoms with Crippen molar-refractivity contribution in [2.75, 3.05) is 11.9 Å². The zero-order valence-electron chi connectivity index (χ0n) is 16.8. The molecule has 1 aliphatic heterocycles. The van der Waals surface area contributed by atoms with Gasteiger partial charge in [-0.05, 0) is 24.0 Å². The van der Waals surface area contributed by atoms with E-state index in [4.69, 9.17) is 9.88 Å². The van der Waals surface area contributed by atoms with Crippen molar-refractivity contribution in [1.82, 2.24) is 19.5 Å². The van der Waals surface area contributed by atoms with E-state index in [2.05, 4.69) is 36.6 Å². The van der Waals surface area contributed by atoms with Crippen LogP contribution in [0.4, 0.5) is 5.82 Å². The van der Waals surface area contributed by atoms with Crippen molar-refractivity contribution in [3.8, 4) is 0 Å². The van der Waals surface area contributed by atoms with Crippen LogP contribution in [0.15, 0.2) is 36.9 Å². The van der Waals surface area contributed by atoms with E-state index in [1.54, 1.807) is 0 Å². The first-order valence-corrected chi connectivity index (χ1v) is 11.5. The van der Waals surface area contributed by atoms with Gasteiger partial charge in [0.15, 0.2) is 23.2 Å². The van der Waals surface area contributed by atoms with Gasteiger partial charge in [-0.25, -0.2) is 20.1 Å². The summed E-state index contributed by atoms with van der Waals surface area (Å²) in [5.74, 6) is 0.539. The first kappa shape index (κ1) is 21.2. The van der Waals surface area contributed by atoms with Crippen molar-refractivity contribution in [3.05, 3.63) is 48.0 Å². The Labute approximate surface area is 183 Å². The van der Waals surface area contributed by atoms with Crippen LogP contribution in [-0.4, -0.2) is 63.1 Å². The first-order valence-electron chi connectivity index (χ1n) is 10.0. The van der Waals surface area contributed by atoms with Gasteiger partial charge in [0.25, 0.3) is 0 Å². The summed E-state index contributed by atoms with van der Waals surface area (Å²) in [6.07, 6.45) is -0.228. The second kappa shape index (κ2) is 8.03. The molecule has 3 aromatic rings. The van der Waals surface area contributed by atoms with Crippen LogP contribution in [0.5, 0.6) is 0 Å². The summed E-state index contributed by atoms with van der Waals surface area (Å²) >= 11 is 0. The summed E-state index contributed by atoms with van der Waals surface area (Å²) in [5.41, 5.74) is 3.38. The Bertz CT molecular complexity index is 1250. The summed E-state index contributed by atoms with van der Waals surface area (Å²) in [5, 5.41) is 29.0. The zero-order valence-corrected chi connectivity index (χ0v) is 17.6. The molecule has 170 valence electrons. The lowest BCUT2D eigenvalue weighted by molar-refractivity contribution is -0.0467. The predicted molar refractivity (Wildman–Crippen MR) is 111 cm³/mol. The minimum atomic E-state index is -4.22. The topological polar surface area (TPSA) is 175 Å². The Morgan fingerprint density at radius 3 is 2.84 bits per heavy atom. The average molecular weight is 462 g/mol. The standard InChI is InChI=1S/C19H22N6O6S/c20-32(28,29)30-7-13-15(26)16(27)19(31-13)25-9-23-14-17(21-8-22-18(14)25)24-12-6-5-10-3-1-2-4-11(10)12/h1-4,8-9,12-13,15-16,19,26-27H,5-7H2,(H2,20,28,29)(H,21,22,24)/t12?,13-,15-,16-,19-/m1/s1. The fraction of sp³-hybridized carbons (Fsp3) is 0.421. The maximum Gasteiger partial charge on any atom is 0.333 e. The number of nitrogens with zero attached hydrogens (tertiary/aromatic N) is 4. The maximum absolute atomic E-state index is 11.0. The molecule has 13 heteroatoms. The average Bonchev–Trinajstić information content (AvgIpc) is 3.44. The molecule has 1 aromatic carbocycles. The Balaban J connectivity index is 1.40. The number of aliphatic hydroxyl groups excluding tert-OH is 2. The van der Waals surface area contributed by atoms with Crippen LogP contribution in [0.1, 0.15) is 29.8 Å². The molecule has 5 atom stereocenters. The molecule has 0 saturated carbocycles. The second-order valence-corrected chi connectivity index (χ2v) is 9.03. The number of imidazole rings is 1. The van der Waals surface area contributed by atoms with Gasteiger partial charge in [0.05, 0.1) is 19.0 Å². The zero-order chi connectivity index (χ0) is 22.5. The smallest absolute Gasteiger partial charge is 0.333 e. The third kappa shape index (κ3) is 3.83. The molecule has 5 rings (SSSR count). The lowest BCUT2D eigenvalue weighted by Crippen LogP contribution is -2.35. The monoisotopic (exact) mass is 462 g/mol. The van der Waals surface area contributed by atoms with Crippen LogP contribution in [0.3, 0.4) is 0 Å². The highest BCUT2D eigenvalue weighted by atomic mass is 32.2. The second-order valence-electron chi connectivity index (χ2n) is 7.80. The molecule has 1 aliphatic carbocycles. The molecule has 0 spiro atoms. The highest BCUT2D eigenvalue weighted by Crippen LogP contribution is 2.36. The molecule has 0 bridgehead atoms. The lowest BCUT2D eigenvalue weighted by Gasteiger charge is -2.17. The molecular formula is C19H22N6O6S. The van der Waals surface area contributed by atoms with Gasteiger partial charge in [0.1, 0.15) is 24.6 Å². The summed E-state index contributed by atoms with van der Waals surface area (Å²) in [7, 11) is -4.22. The molecule has 1 saturated heterocycles. The molecule has 5 N–H and O–H groups in total. The first-order chi connectivity index (χ1) is 15.3. The Morgan fingerprint density at radius 1 is 1.22 bits per heavy atom. The van der Waals surface area contributed by atoms with E-state index in [9.17, 15) is 18.6 Å². The van der Waals surface area contributed by atoms with E-state index in [1.807, 2.05) is 12.1 Å². The molecule has 3 heterocycles. The maximum atomic E-state index is 11.0. The number of ether oxygens (including phenoxy) is 1. The van der Waals surface area contributed by atoms with Crippen molar-refractivity contribution in [1.29, 1.82) is 0 Å². The van der Waals surface area contributed by atoms with E-state index in [0.29, 0.717) is 17.0 Å². The number of benzene rings is 1. The summed E-state index contributed by atoms with van der Waals surface area (Å²) in [6.45, 7) is -0.539. The largest absolute Gasteiger partial charge is 0.387 e. The van der Waals surface area contributed by atoms with E-state index in [1.165, 1.54) is 28.3 Å². The van der Waals surface area contributed by atoms with Crippen molar-refractivity contribution in [3.63, 3.8) is 0 Å². The molecule has 0 radical (unpaired) electrons. The Hall–Kier alpha value is -2.68.